The van der Waals surface area contributed by atoms with E-state index in [1.165, 1.54) is 24.3 Å². The fourth-order valence-corrected chi connectivity index (χ4v) is 3.24. The molecular weight excluding hydrogens is 449 g/mol. The van der Waals surface area contributed by atoms with Crippen LogP contribution in [0.3, 0.4) is 0 Å². The van der Waals surface area contributed by atoms with Crippen molar-refractivity contribution in [1.29, 1.82) is 0 Å². The molecule has 0 fully saturated rings. The maximum atomic E-state index is 12.6. The first-order valence-electron chi connectivity index (χ1n) is 9.49. The molecule has 11 heteroatoms. The molecule has 0 radical (unpaired) electrons. The number of hydroxylamine groups is 2. The zero-order chi connectivity index (χ0) is 23.3. The first kappa shape index (κ1) is 23.4. The first-order chi connectivity index (χ1) is 15.2. The van der Waals surface area contributed by atoms with Gasteiger partial charge in [0.2, 0.25) is 0 Å². The van der Waals surface area contributed by atoms with Crippen molar-refractivity contribution in [2.45, 2.75) is 25.3 Å². The van der Waals surface area contributed by atoms with E-state index in [0.29, 0.717) is 17.6 Å². The van der Waals surface area contributed by atoms with Crippen molar-refractivity contribution in [2.24, 2.45) is 0 Å². The number of hydrogen-bond acceptors (Lipinski definition) is 6. The molecular formula is C21H17F3N2O5S. The van der Waals surface area contributed by atoms with Gasteiger partial charge in [-0.3, -0.25) is 9.59 Å². The monoisotopic (exact) mass is 466 g/mol. The third kappa shape index (κ3) is 5.33. The number of unbranched alkanes of at least 4 members (excludes halogenated alkanes) is 1. The van der Waals surface area contributed by atoms with Gasteiger partial charge in [-0.05, 0) is 30.0 Å². The Morgan fingerprint density at radius 3 is 2.56 bits per heavy atom. The van der Waals surface area contributed by atoms with Gasteiger partial charge in [-0.1, -0.05) is 37.3 Å². The smallest absolute Gasteiger partial charge is 0.450 e. The number of rotatable bonds is 6. The zero-order valence-electron chi connectivity index (χ0n) is 16.7. The Kier molecular flexibility index (Phi) is 7.27. The van der Waals surface area contributed by atoms with Gasteiger partial charge in [0, 0.05) is 10.9 Å². The summed E-state index contributed by atoms with van der Waals surface area (Å²) in [6.45, 7) is 2.30. The Balaban J connectivity index is 1.82. The van der Waals surface area contributed by atoms with Gasteiger partial charge in [-0.2, -0.15) is 17.5 Å². The van der Waals surface area contributed by atoms with Crippen LogP contribution < -0.4 is 5.32 Å². The van der Waals surface area contributed by atoms with Crippen molar-refractivity contribution in [1.82, 2.24) is 10.4 Å². The van der Waals surface area contributed by atoms with Crippen LogP contribution >= 0.6 is 12.0 Å². The molecule has 0 spiro atoms. The topological polar surface area (TPSA) is 84.9 Å². The number of amides is 3. The Labute approximate surface area is 185 Å². The molecule has 0 saturated heterocycles. The second-order valence-corrected chi connectivity index (χ2v) is 7.32. The van der Waals surface area contributed by atoms with E-state index in [4.69, 9.17) is 4.74 Å². The van der Waals surface area contributed by atoms with Crippen LogP contribution in [0.5, 0.6) is 0 Å². The molecule has 0 aromatic heterocycles. The summed E-state index contributed by atoms with van der Waals surface area (Å²) < 4.78 is 46.7. The average Bonchev–Trinajstić information content (AvgIpc) is 2.74. The SMILES string of the molecule is CCCCOC(=O)NCC#Cc1ccc2c3c(cccc13)C(=O)N(OSC(F)(F)F)C2=O. The van der Waals surface area contributed by atoms with Crippen LogP contribution in [0, 0.1) is 11.8 Å². The lowest BCUT2D eigenvalue weighted by atomic mass is 9.92. The third-order valence-corrected chi connectivity index (χ3v) is 4.76. The molecule has 1 aliphatic rings. The highest BCUT2D eigenvalue weighted by Gasteiger charge is 2.39. The molecule has 3 rings (SSSR count). The lowest BCUT2D eigenvalue weighted by Gasteiger charge is -2.25. The van der Waals surface area contributed by atoms with Crippen molar-refractivity contribution < 1.29 is 36.6 Å². The highest BCUT2D eigenvalue weighted by Crippen LogP contribution is 2.36. The third-order valence-electron chi connectivity index (χ3n) is 4.35. The minimum atomic E-state index is -4.79. The molecule has 0 saturated carbocycles. The molecule has 32 heavy (non-hydrogen) atoms. The van der Waals surface area contributed by atoms with Crippen LogP contribution in [-0.2, 0) is 9.02 Å². The molecule has 3 amide bonds. The number of alkyl halides is 3. The summed E-state index contributed by atoms with van der Waals surface area (Å²) in [7, 11) is 0. The number of ether oxygens (including phenoxy) is 1. The normalized spacial score (nSPS) is 13.1. The van der Waals surface area contributed by atoms with Crippen LogP contribution in [0.1, 0.15) is 46.0 Å². The van der Waals surface area contributed by atoms with Crippen LogP contribution in [0.2, 0.25) is 0 Å². The van der Waals surface area contributed by atoms with Gasteiger partial charge in [-0.25, -0.2) is 4.79 Å². The second kappa shape index (κ2) is 9.93. The van der Waals surface area contributed by atoms with Crippen molar-refractivity contribution in [3.05, 3.63) is 47.0 Å². The van der Waals surface area contributed by atoms with E-state index < -0.39 is 35.5 Å². The summed E-state index contributed by atoms with van der Waals surface area (Å²) in [4.78, 5) is 36.7. The summed E-state index contributed by atoms with van der Waals surface area (Å²) in [5.41, 5.74) is -4.28. The predicted octanol–water partition coefficient (Wildman–Crippen LogP) is 4.41. The van der Waals surface area contributed by atoms with Crippen molar-refractivity contribution in [2.75, 3.05) is 13.2 Å². The molecule has 1 heterocycles. The quantitative estimate of drug-likeness (QED) is 0.294. The van der Waals surface area contributed by atoms with E-state index in [1.807, 2.05) is 6.92 Å². The molecule has 1 N–H and O–H groups in total. The molecule has 0 atom stereocenters. The van der Waals surface area contributed by atoms with Crippen LogP contribution in [0.4, 0.5) is 18.0 Å². The van der Waals surface area contributed by atoms with Crippen molar-refractivity contribution >= 4 is 40.7 Å². The Morgan fingerprint density at radius 1 is 1.16 bits per heavy atom. The van der Waals surface area contributed by atoms with Gasteiger partial charge in [0.25, 0.3) is 11.8 Å². The van der Waals surface area contributed by atoms with Crippen LogP contribution in [0.25, 0.3) is 10.8 Å². The van der Waals surface area contributed by atoms with Crippen LogP contribution in [0.15, 0.2) is 30.3 Å². The highest BCUT2D eigenvalue weighted by molar-refractivity contribution is 7.95. The number of halogens is 3. The largest absolute Gasteiger partial charge is 0.470 e. The second-order valence-electron chi connectivity index (χ2n) is 6.54. The van der Waals surface area contributed by atoms with E-state index in [1.54, 1.807) is 6.07 Å². The molecule has 2 aromatic carbocycles. The number of imide groups is 1. The number of benzene rings is 2. The maximum Gasteiger partial charge on any atom is 0.470 e. The molecule has 168 valence electrons. The van der Waals surface area contributed by atoms with Gasteiger partial charge in [0.05, 0.1) is 24.3 Å². The summed E-state index contributed by atoms with van der Waals surface area (Å²) in [6.07, 6.45) is 1.07. The van der Waals surface area contributed by atoms with Gasteiger partial charge in [-0.15, -0.1) is 5.06 Å². The van der Waals surface area contributed by atoms with E-state index in [-0.39, 0.29) is 28.1 Å². The fourth-order valence-electron chi connectivity index (χ4n) is 2.95. The minimum absolute atomic E-state index is 0.0150. The molecule has 2 aromatic rings. The number of nitrogens with zero attached hydrogens (tertiary/aromatic N) is 1. The lowest BCUT2D eigenvalue weighted by Crippen LogP contribution is -2.39. The van der Waals surface area contributed by atoms with Crippen molar-refractivity contribution in [3.63, 3.8) is 0 Å². The van der Waals surface area contributed by atoms with Crippen LogP contribution in [-0.4, -0.2) is 41.6 Å². The van der Waals surface area contributed by atoms with E-state index in [0.717, 1.165) is 12.8 Å². The minimum Gasteiger partial charge on any atom is -0.450 e. The number of carbonyl (C=O) groups excluding carboxylic acids is 3. The van der Waals surface area contributed by atoms with E-state index >= 15 is 0 Å². The number of alkyl carbamates (subject to hydrolysis) is 1. The Hall–Kier alpha value is -3.23. The average molecular weight is 466 g/mol. The fraction of sp³-hybridized carbons (Fsp3) is 0.286. The highest BCUT2D eigenvalue weighted by atomic mass is 32.2. The van der Waals surface area contributed by atoms with Gasteiger partial charge in [0.1, 0.15) is 12.0 Å². The number of nitrogens with one attached hydrogen (secondary N) is 1. The van der Waals surface area contributed by atoms with E-state index in [9.17, 15) is 27.6 Å². The number of hydrogen-bond donors (Lipinski definition) is 1. The summed E-state index contributed by atoms with van der Waals surface area (Å²) in [6, 6.07) is 7.43. The van der Waals surface area contributed by atoms with Gasteiger partial charge in [0.15, 0.2) is 0 Å². The standard InChI is InChI=1S/C21H17F3N2O5S/c1-2-3-12-30-20(29)25-11-5-6-13-9-10-16-17-14(13)7-4-8-15(17)18(27)26(19(16)28)31-32-21(22,23)24/h4,7-10H,2-3,11-12H2,1H3,(H,25,29). The summed E-state index contributed by atoms with van der Waals surface area (Å²) >= 11 is -0.946. The molecule has 7 nitrogen and oxygen atoms in total. The van der Waals surface area contributed by atoms with E-state index in [2.05, 4.69) is 21.4 Å². The van der Waals surface area contributed by atoms with Crippen molar-refractivity contribution in [3.8, 4) is 11.8 Å². The maximum absolute atomic E-state index is 12.6. The molecule has 1 aliphatic heterocycles. The Bertz CT molecular complexity index is 1100. The van der Waals surface area contributed by atoms with Gasteiger partial charge < -0.3 is 10.1 Å². The number of carbonyl (C=O) groups is 3. The zero-order valence-corrected chi connectivity index (χ0v) is 17.6. The molecule has 0 unspecified atom stereocenters. The predicted molar refractivity (Wildman–Crippen MR) is 110 cm³/mol. The first-order valence-corrected chi connectivity index (χ1v) is 10.2. The van der Waals surface area contributed by atoms with Gasteiger partial charge >= 0.3 is 11.6 Å². The molecule has 0 aliphatic carbocycles. The Morgan fingerprint density at radius 2 is 1.88 bits per heavy atom. The lowest BCUT2D eigenvalue weighted by molar-refractivity contribution is -0.0570. The summed E-state index contributed by atoms with van der Waals surface area (Å²) in [5.74, 6) is 3.61. The molecule has 0 bridgehead atoms. The summed E-state index contributed by atoms with van der Waals surface area (Å²) in [5, 5.41) is 3.33.